The van der Waals surface area contributed by atoms with Crippen LogP contribution in [0.2, 0.25) is 0 Å². The van der Waals surface area contributed by atoms with E-state index in [1.165, 1.54) is 0 Å². The van der Waals surface area contributed by atoms with Crippen molar-refractivity contribution in [3.8, 4) is 0 Å². The fraction of sp³-hybridized carbons (Fsp3) is 0.364. The molecular weight excluding hydrogens is 303 g/mol. The largest absolute Gasteiger partial charge is 0.348 e. The topological polar surface area (TPSA) is 55.1 Å². The molecule has 0 spiro atoms. The van der Waals surface area contributed by atoms with Gasteiger partial charge in [-0.15, -0.1) is 0 Å². The van der Waals surface area contributed by atoms with E-state index in [2.05, 4.69) is 27.9 Å². The van der Waals surface area contributed by atoms with Crippen LogP contribution in [0, 0.1) is 10.5 Å². The van der Waals surface area contributed by atoms with Gasteiger partial charge in [-0.3, -0.25) is 4.79 Å². The number of carbonyl (C=O) groups excluding carboxylic acids is 1. The number of halogens is 1. The van der Waals surface area contributed by atoms with E-state index in [9.17, 15) is 4.79 Å². The smallest absolute Gasteiger partial charge is 0.252 e. The molecule has 1 aliphatic carbocycles. The van der Waals surface area contributed by atoms with Gasteiger partial charge in [0.1, 0.15) is 0 Å². The number of hydrogen-bond acceptors (Lipinski definition) is 2. The molecule has 0 heterocycles. The van der Waals surface area contributed by atoms with Crippen molar-refractivity contribution in [1.29, 1.82) is 0 Å². The Bertz CT molecular complexity index is 406. The van der Waals surface area contributed by atoms with Crippen LogP contribution < -0.4 is 11.1 Å². The van der Waals surface area contributed by atoms with Crippen molar-refractivity contribution in [2.75, 3.05) is 0 Å². The summed E-state index contributed by atoms with van der Waals surface area (Å²) in [5.41, 5.74) is 7.52. The van der Waals surface area contributed by atoms with Crippen molar-refractivity contribution >= 4 is 28.5 Å². The number of benzene rings is 1. The molecule has 2 rings (SSSR count). The van der Waals surface area contributed by atoms with Gasteiger partial charge in [0, 0.05) is 15.7 Å². The predicted molar refractivity (Wildman–Crippen MR) is 67.7 cm³/mol. The van der Waals surface area contributed by atoms with Crippen molar-refractivity contribution in [3.05, 3.63) is 32.9 Å². The highest BCUT2D eigenvalue weighted by atomic mass is 127. The molecule has 1 fully saturated rings. The Morgan fingerprint density at radius 1 is 1.60 bits per heavy atom. The molecule has 4 heteroatoms. The van der Waals surface area contributed by atoms with Crippen LogP contribution in [0.25, 0.3) is 0 Å². The van der Waals surface area contributed by atoms with Gasteiger partial charge in [-0.2, -0.15) is 0 Å². The van der Waals surface area contributed by atoms with Crippen LogP contribution in [-0.4, -0.2) is 18.0 Å². The zero-order valence-corrected chi connectivity index (χ0v) is 10.6. The number of amides is 1. The molecule has 3 N–H and O–H groups in total. The number of nitrogens with two attached hydrogens (primary N) is 1. The average Bonchev–Trinajstić information content (AvgIpc) is 2.86. The van der Waals surface area contributed by atoms with E-state index in [0.29, 0.717) is 0 Å². The summed E-state index contributed by atoms with van der Waals surface area (Å²) in [5, 5.41) is 2.92. The van der Waals surface area contributed by atoms with Crippen molar-refractivity contribution in [2.24, 2.45) is 5.73 Å². The van der Waals surface area contributed by atoms with E-state index < -0.39 is 0 Å². The van der Waals surface area contributed by atoms with E-state index >= 15 is 0 Å². The molecule has 3 nitrogen and oxygen atoms in total. The third kappa shape index (κ3) is 2.31. The molecule has 0 bridgehead atoms. The first kappa shape index (κ1) is 10.9. The second-order valence-electron chi connectivity index (χ2n) is 3.92. The van der Waals surface area contributed by atoms with Crippen LogP contribution in [0.3, 0.4) is 0 Å². The summed E-state index contributed by atoms with van der Waals surface area (Å²) in [7, 11) is 0. The number of hydrogen-bond donors (Lipinski definition) is 2. The third-order valence-corrected chi connectivity index (χ3v) is 4.02. The number of aryl methyl sites for hydroxylation is 1. The monoisotopic (exact) mass is 316 g/mol. The molecule has 2 atom stereocenters. The quantitative estimate of drug-likeness (QED) is 0.811. The molecule has 2 unspecified atom stereocenters. The van der Waals surface area contributed by atoms with Gasteiger partial charge in [0.05, 0.1) is 5.56 Å². The summed E-state index contributed by atoms with van der Waals surface area (Å²) >= 11 is 2.20. The van der Waals surface area contributed by atoms with E-state index in [0.717, 1.165) is 21.1 Å². The van der Waals surface area contributed by atoms with Gasteiger partial charge in [-0.05, 0) is 47.6 Å². The molecular formula is C11H13IN2O. The van der Waals surface area contributed by atoms with Crippen LogP contribution in [0.15, 0.2) is 18.2 Å². The van der Waals surface area contributed by atoms with Gasteiger partial charge < -0.3 is 11.1 Å². The Hall–Kier alpha value is -0.620. The van der Waals surface area contributed by atoms with E-state index in [-0.39, 0.29) is 18.0 Å². The first-order chi connectivity index (χ1) is 7.09. The lowest BCUT2D eigenvalue weighted by Crippen LogP contribution is -2.30. The van der Waals surface area contributed by atoms with Crippen molar-refractivity contribution in [1.82, 2.24) is 5.32 Å². The molecule has 15 heavy (non-hydrogen) atoms. The minimum Gasteiger partial charge on any atom is -0.348 e. The lowest BCUT2D eigenvalue weighted by Gasteiger charge is -2.07. The SMILES string of the molecule is Cc1cccc(C(=O)NC2CC2N)c1I. The van der Waals surface area contributed by atoms with E-state index in [1.54, 1.807) is 0 Å². The van der Waals surface area contributed by atoms with Crippen molar-refractivity contribution in [3.63, 3.8) is 0 Å². The highest BCUT2D eigenvalue weighted by molar-refractivity contribution is 14.1. The molecule has 80 valence electrons. The van der Waals surface area contributed by atoms with Crippen LogP contribution in [0.4, 0.5) is 0 Å². The maximum atomic E-state index is 11.8. The lowest BCUT2D eigenvalue weighted by atomic mass is 10.1. The molecule has 0 saturated heterocycles. The van der Waals surface area contributed by atoms with Crippen molar-refractivity contribution < 1.29 is 4.79 Å². The van der Waals surface area contributed by atoms with Crippen molar-refractivity contribution in [2.45, 2.75) is 25.4 Å². The third-order valence-electron chi connectivity index (χ3n) is 2.59. The van der Waals surface area contributed by atoms with Gasteiger partial charge in [0.2, 0.25) is 0 Å². The molecule has 1 saturated carbocycles. The highest BCUT2D eigenvalue weighted by Gasteiger charge is 2.35. The van der Waals surface area contributed by atoms with Crippen LogP contribution in [-0.2, 0) is 0 Å². The van der Waals surface area contributed by atoms with Gasteiger partial charge >= 0.3 is 0 Å². The molecule has 1 aromatic carbocycles. The molecule has 0 radical (unpaired) electrons. The highest BCUT2D eigenvalue weighted by Crippen LogP contribution is 2.21. The summed E-state index contributed by atoms with van der Waals surface area (Å²) in [5.74, 6) is -0.0129. The van der Waals surface area contributed by atoms with Gasteiger partial charge in [-0.1, -0.05) is 12.1 Å². The first-order valence-corrected chi connectivity index (χ1v) is 5.99. The number of carbonyl (C=O) groups is 1. The fourth-order valence-electron chi connectivity index (χ4n) is 1.45. The zero-order chi connectivity index (χ0) is 11.0. The molecule has 1 amide bonds. The van der Waals surface area contributed by atoms with E-state index in [1.807, 2.05) is 25.1 Å². The Morgan fingerprint density at radius 3 is 2.87 bits per heavy atom. The van der Waals surface area contributed by atoms with Gasteiger partial charge in [0.25, 0.3) is 5.91 Å². The summed E-state index contributed by atoms with van der Waals surface area (Å²) in [6.45, 7) is 2.00. The lowest BCUT2D eigenvalue weighted by molar-refractivity contribution is 0.0949. The minimum atomic E-state index is -0.0129. The Morgan fingerprint density at radius 2 is 2.27 bits per heavy atom. The normalized spacial score (nSPS) is 23.7. The van der Waals surface area contributed by atoms with Crippen LogP contribution in [0.1, 0.15) is 22.3 Å². The molecule has 0 aliphatic heterocycles. The Balaban J connectivity index is 2.14. The second-order valence-corrected chi connectivity index (χ2v) is 4.99. The Kier molecular flexibility index (Phi) is 2.97. The van der Waals surface area contributed by atoms with Gasteiger partial charge in [-0.25, -0.2) is 0 Å². The fourth-order valence-corrected chi connectivity index (χ4v) is 2.05. The summed E-state index contributed by atoms with van der Waals surface area (Å²) < 4.78 is 1.02. The number of nitrogens with one attached hydrogen (secondary N) is 1. The number of rotatable bonds is 2. The second kappa shape index (κ2) is 4.09. The zero-order valence-electron chi connectivity index (χ0n) is 8.46. The molecule has 0 aromatic heterocycles. The maximum Gasteiger partial charge on any atom is 0.252 e. The van der Waals surface area contributed by atoms with Crippen LogP contribution >= 0.6 is 22.6 Å². The summed E-state index contributed by atoms with van der Waals surface area (Å²) in [4.78, 5) is 11.8. The average molecular weight is 316 g/mol. The standard InChI is InChI=1S/C11H13IN2O/c1-6-3-2-4-7(10(6)12)11(15)14-9-5-8(9)13/h2-4,8-9H,5,13H2,1H3,(H,14,15). The predicted octanol–water partition coefficient (Wildman–Crippen LogP) is 1.43. The Labute approximate surface area is 103 Å². The van der Waals surface area contributed by atoms with Crippen LogP contribution in [0.5, 0.6) is 0 Å². The molecule has 1 aliphatic rings. The maximum absolute atomic E-state index is 11.8. The first-order valence-electron chi connectivity index (χ1n) is 4.91. The van der Waals surface area contributed by atoms with Gasteiger partial charge in [0.15, 0.2) is 0 Å². The summed E-state index contributed by atoms with van der Waals surface area (Å²) in [6.07, 6.45) is 0.897. The minimum absolute atomic E-state index is 0.0129. The molecule has 1 aromatic rings. The summed E-state index contributed by atoms with van der Waals surface area (Å²) in [6, 6.07) is 6.07. The van der Waals surface area contributed by atoms with E-state index in [4.69, 9.17) is 5.73 Å².